The number of carbonyl (C=O) groups excluding carboxylic acids is 1. The van der Waals surface area contributed by atoms with Crippen LogP contribution in [0.1, 0.15) is 31.2 Å². The van der Waals surface area contributed by atoms with Gasteiger partial charge >= 0.3 is 0 Å². The van der Waals surface area contributed by atoms with Crippen LogP contribution in [0.2, 0.25) is 0 Å². The highest BCUT2D eigenvalue weighted by Crippen LogP contribution is 2.21. The molecule has 7 nitrogen and oxygen atoms in total. The standard InChI is InChI=1S/C20H25N5O2S/c1-5-6-11-25-19(27)15-9-7-8-10-16(15)21-20(25)28-12-17(26)22-18-13(2)23-24(4)14(18)3/h7-10H,5-6,11-12H2,1-4H3,(H,22,26). The van der Waals surface area contributed by atoms with Gasteiger partial charge in [0.25, 0.3) is 5.56 Å². The van der Waals surface area contributed by atoms with Crippen LogP contribution in [-0.4, -0.2) is 31.0 Å². The molecule has 28 heavy (non-hydrogen) atoms. The minimum absolute atomic E-state index is 0.0547. The van der Waals surface area contributed by atoms with Gasteiger partial charge < -0.3 is 5.32 Å². The van der Waals surface area contributed by atoms with Crippen molar-refractivity contribution in [1.29, 1.82) is 0 Å². The van der Waals surface area contributed by atoms with Gasteiger partial charge in [-0.1, -0.05) is 37.2 Å². The fraction of sp³-hybridized carbons (Fsp3) is 0.400. The molecule has 0 aliphatic carbocycles. The Labute approximate surface area is 168 Å². The van der Waals surface area contributed by atoms with E-state index < -0.39 is 0 Å². The molecule has 2 heterocycles. The zero-order chi connectivity index (χ0) is 20.3. The first-order valence-electron chi connectivity index (χ1n) is 9.34. The van der Waals surface area contributed by atoms with Crippen molar-refractivity contribution in [3.05, 3.63) is 46.0 Å². The number of unbranched alkanes of at least 4 members (excludes halogenated alkanes) is 1. The second-order valence-electron chi connectivity index (χ2n) is 6.73. The average Bonchev–Trinajstić information content (AvgIpc) is 2.92. The largest absolute Gasteiger partial charge is 0.322 e. The number of nitrogens with one attached hydrogen (secondary N) is 1. The molecule has 0 saturated heterocycles. The van der Waals surface area contributed by atoms with Crippen molar-refractivity contribution in [1.82, 2.24) is 19.3 Å². The topological polar surface area (TPSA) is 81.8 Å². The second-order valence-corrected chi connectivity index (χ2v) is 7.67. The molecule has 2 aromatic heterocycles. The summed E-state index contributed by atoms with van der Waals surface area (Å²) >= 11 is 1.28. The van der Waals surface area contributed by atoms with Crippen LogP contribution in [0, 0.1) is 13.8 Å². The number of hydrogen-bond donors (Lipinski definition) is 1. The minimum atomic E-state index is -0.145. The molecule has 0 bridgehead atoms. The van der Waals surface area contributed by atoms with Gasteiger partial charge in [-0.15, -0.1) is 0 Å². The summed E-state index contributed by atoms with van der Waals surface area (Å²) in [6.45, 7) is 6.45. The summed E-state index contributed by atoms with van der Waals surface area (Å²) in [5, 5.41) is 8.42. The monoisotopic (exact) mass is 399 g/mol. The molecule has 8 heteroatoms. The number of rotatable bonds is 7. The molecule has 3 rings (SSSR count). The number of nitrogens with zero attached hydrogens (tertiary/aromatic N) is 4. The van der Waals surface area contributed by atoms with Gasteiger partial charge in [-0.3, -0.25) is 18.8 Å². The average molecular weight is 400 g/mol. The summed E-state index contributed by atoms with van der Waals surface area (Å²) < 4.78 is 3.43. The van der Waals surface area contributed by atoms with E-state index in [4.69, 9.17) is 0 Å². The highest BCUT2D eigenvalue weighted by molar-refractivity contribution is 7.99. The van der Waals surface area contributed by atoms with Gasteiger partial charge in [0.05, 0.1) is 33.7 Å². The molecule has 0 unspecified atom stereocenters. The highest BCUT2D eigenvalue weighted by atomic mass is 32.2. The number of aromatic nitrogens is 4. The summed E-state index contributed by atoms with van der Waals surface area (Å²) in [4.78, 5) is 30.0. The van der Waals surface area contributed by atoms with E-state index in [2.05, 4.69) is 22.3 Å². The number of hydrogen-bond acceptors (Lipinski definition) is 5. The molecule has 0 spiro atoms. The van der Waals surface area contributed by atoms with Crippen LogP contribution >= 0.6 is 11.8 Å². The summed E-state index contributed by atoms with van der Waals surface area (Å²) in [7, 11) is 1.85. The third-order valence-electron chi connectivity index (χ3n) is 4.67. The molecular weight excluding hydrogens is 374 g/mol. The Morgan fingerprint density at radius 2 is 2.00 bits per heavy atom. The molecule has 0 aliphatic heterocycles. The van der Waals surface area contributed by atoms with Crippen molar-refractivity contribution in [2.75, 3.05) is 11.1 Å². The van der Waals surface area contributed by atoms with Crippen LogP contribution < -0.4 is 10.9 Å². The third-order valence-corrected chi connectivity index (χ3v) is 5.64. The first-order valence-corrected chi connectivity index (χ1v) is 10.3. The zero-order valence-corrected chi connectivity index (χ0v) is 17.5. The lowest BCUT2D eigenvalue weighted by Gasteiger charge is -2.13. The Morgan fingerprint density at radius 1 is 1.25 bits per heavy atom. The van der Waals surface area contributed by atoms with Gasteiger partial charge in [0.2, 0.25) is 5.91 Å². The lowest BCUT2D eigenvalue weighted by Crippen LogP contribution is -2.24. The minimum Gasteiger partial charge on any atom is -0.322 e. The smallest absolute Gasteiger partial charge is 0.262 e. The van der Waals surface area contributed by atoms with Gasteiger partial charge in [-0.2, -0.15) is 5.10 Å². The van der Waals surface area contributed by atoms with Crippen LogP contribution in [0.4, 0.5) is 5.69 Å². The van der Waals surface area contributed by atoms with Crippen molar-refractivity contribution < 1.29 is 4.79 Å². The molecule has 1 aromatic carbocycles. The van der Waals surface area contributed by atoms with E-state index in [1.54, 1.807) is 15.3 Å². The van der Waals surface area contributed by atoms with E-state index in [1.807, 2.05) is 39.1 Å². The van der Waals surface area contributed by atoms with Crippen molar-refractivity contribution in [3.63, 3.8) is 0 Å². The van der Waals surface area contributed by atoms with Gasteiger partial charge in [-0.05, 0) is 32.4 Å². The second kappa shape index (κ2) is 8.60. The van der Waals surface area contributed by atoms with Crippen molar-refractivity contribution in [2.45, 2.75) is 45.3 Å². The first-order chi connectivity index (χ1) is 13.4. The third kappa shape index (κ3) is 4.11. The Bertz CT molecular complexity index is 1070. The number of para-hydroxylation sites is 1. The molecule has 0 fully saturated rings. The Balaban J connectivity index is 1.82. The van der Waals surface area contributed by atoms with Crippen molar-refractivity contribution in [3.8, 4) is 0 Å². The number of benzene rings is 1. The molecule has 0 radical (unpaired) electrons. The van der Waals surface area contributed by atoms with Gasteiger partial charge in [0, 0.05) is 13.6 Å². The van der Waals surface area contributed by atoms with Crippen molar-refractivity contribution >= 4 is 34.3 Å². The van der Waals surface area contributed by atoms with E-state index >= 15 is 0 Å². The summed E-state index contributed by atoms with van der Waals surface area (Å²) in [6.07, 6.45) is 1.86. The summed E-state index contributed by atoms with van der Waals surface area (Å²) in [5.41, 5.74) is 3.02. The van der Waals surface area contributed by atoms with Crippen LogP contribution in [0.3, 0.4) is 0 Å². The maximum absolute atomic E-state index is 12.9. The number of aryl methyl sites for hydroxylation is 2. The Kier molecular flexibility index (Phi) is 6.18. The highest BCUT2D eigenvalue weighted by Gasteiger charge is 2.15. The Hall–Kier alpha value is -2.61. The molecular formula is C20H25N5O2S. The van der Waals surface area contributed by atoms with E-state index in [1.165, 1.54) is 11.8 Å². The maximum Gasteiger partial charge on any atom is 0.262 e. The SMILES string of the molecule is CCCCn1c(SCC(=O)Nc2c(C)nn(C)c2C)nc2ccccc2c1=O. The fourth-order valence-corrected chi connectivity index (χ4v) is 3.86. The van der Waals surface area contributed by atoms with E-state index in [0.717, 1.165) is 29.9 Å². The van der Waals surface area contributed by atoms with Gasteiger partial charge in [0.1, 0.15) is 0 Å². The lowest BCUT2D eigenvalue weighted by atomic mass is 10.2. The number of fused-ring (bicyclic) bond motifs is 1. The number of anilines is 1. The molecule has 0 atom stereocenters. The first kappa shape index (κ1) is 20.1. The van der Waals surface area contributed by atoms with Gasteiger partial charge in [0.15, 0.2) is 5.16 Å². The lowest BCUT2D eigenvalue weighted by molar-refractivity contribution is -0.113. The fourth-order valence-electron chi connectivity index (χ4n) is 3.03. The molecule has 1 N–H and O–H groups in total. The molecule has 3 aromatic rings. The quantitative estimate of drug-likeness (QED) is 0.487. The van der Waals surface area contributed by atoms with Crippen LogP contribution in [0.25, 0.3) is 10.9 Å². The van der Waals surface area contributed by atoms with Crippen LogP contribution in [-0.2, 0) is 18.4 Å². The normalized spacial score (nSPS) is 11.1. The van der Waals surface area contributed by atoms with Crippen LogP contribution in [0.5, 0.6) is 0 Å². The molecule has 1 amide bonds. The summed E-state index contributed by atoms with van der Waals surface area (Å²) in [6, 6.07) is 7.32. The number of amides is 1. The van der Waals surface area contributed by atoms with Crippen molar-refractivity contribution in [2.24, 2.45) is 7.05 Å². The maximum atomic E-state index is 12.9. The van der Waals surface area contributed by atoms with E-state index in [9.17, 15) is 9.59 Å². The predicted octanol–water partition coefficient (Wildman–Crippen LogP) is 3.28. The number of thioether (sulfide) groups is 1. The van der Waals surface area contributed by atoms with E-state index in [0.29, 0.717) is 22.6 Å². The van der Waals surface area contributed by atoms with E-state index in [-0.39, 0.29) is 17.2 Å². The van der Waals surface area contributed by atoms with Gasteiger partial charge in [-0.25, -0.2) is 4.98 Å². The number of carbonyl (C=O) groups is 1. The molecule has 148 valence electrons. The Morgan fingerprint density at radius 3 is 2.68 bits per heavy atom. The zero-order valence-electron chi connectivity index (χ0n) is 16.7. The molecule has 0 aliphatic rings. The van der Waals surface area contributed by atoms with Crippen LogP contribution in [0.15, 0.2) is 34.2 Å². The predicted molar refractivity (Wildman–Crippen MR) is 113 cm³/mol. The summed E-state index contributed by atoms with van der Waals surface area (Å²) in [5.74, 6) is 0.0265. The molecule has 0 saturated carbocycles.